The van der Waals surface area contributed by atoms with Gasteiger partial charge < -0.3 is 5.11 Å². The minimum absolute atomic E-state index is 0.236. The molecule has 2 heterocycles. The van der Waals surface area contributed by atoms with Crippen molar-refractivity contribution in [2.75, 3.05) is 26.2 Å². The molecule has 1 aliphatic heterocycles. The Morgan fingerprint density at radius 3 is 2.65 bits per heavy atom. The van der Waals surface area contributed by atoms with Gasteiger partial charge in [-0.25, -0.2) is 0 Å². The summed E-state index contributed by atoms with van der Waals surface area (Å²) in [5.41, 5.74) is 6.28. The maximum Gasteiger partial charge on any atom is 0.0547 e. The minimum atomic E-state index is 0.236. The molecular formula is C22H31N3O. The number of aryl methyl sites for hydroxylation is 3. The number of hydrogen-bond acceptors (Lipinski definition) is 4. The fourth-order valence-corrected chi connectivity index (χ4v) is 3.89. The molecular weight excluding hydrogens is 322 g/mol. The Balaban J connectivity index is 1.65. The average Bonchev–Trinajstić information content (AvgIpc) is 2.60. The first-order chi connectivity index (χ1) is 12.5. The van der Waals surface area contributed by atoms with Gasteiger partial charge in [-0.1, -0.05) is 29.8 Å². The molecule has 3 rings (SSSR count). The number of piperazine rings is 1. The molecule has 0 amide bonds. The van der Waals surface area contributed by atoms with Gasteiger partial charge in [0.2, 0.25) is 0 Å². The van der Waals surface area contributed by atoms with Crippen molar-refractivity contribution in [1.29, 1.82) is 0 Å². The van der Waals surface area contributed by atoms with E-state index in [0.29, 0.717) is 6.04 Å². The Bertz CT molecular complexity index is 731. The van der Waals surface area contributed by atoms with E-state index in [9.17, 15) is 5.11 Å². The lowest BCUT2D eigenvalue weighted by molar-refractivity contribution is 0.0490. The van der Waals surface area contributed by atoms with Crippen molar-refractivity contribution in [1.82, 2.24) is 14.8 Å². The quantitative estimate of drug-likeness (QED) is 0.866. The molecule has 4 heteroatoms. The van der Waals surface area contributed by atoms with Crippen LogP contribution in [0.15, 0.2) is 36.4 Å². The summed E-state index contributed by atoms with van der Waals surface area (Å²) in [6, 6.07) is 13.3. The van der Waals surface area contributed by atoms with Crippen molar-refractivity contribution in [2.45, 2.75) is 46.3 Å². The van der Waals surface area contributed by atoms with E-state index in [2.05, 4.69) is 59.0 Å². The van der Waals surface area contributed by atoms with Gasteiger partial charge in [-0.05, 0) is 50.5 Å². The maximum absolute atomic E-state index is 9.54. The van der Waals surface area contributed by atoms with Gasteiger partial charge in [0.1, 0.15) is 0 Å². The highest BCUT2D eigenvalue weighted by molar-refractivity contribution is 5.30. The predicted octanol–water partition coefficient (Wildman–Crippen LogP) is 3.08. The summed E-state index contributed by atoms with van der Waals surface area (Å²) in [5, 5.41) is 9.54. The molecule has 1 N–H and O–H groups in total. The van der Waals surface area contributed by atoms with Gasteiger partial charge >= 0.3 is 0 Å². The van der Waals surface area contributed by atoms with Crippen LogP contribution < -0.4 is 0 Å². The average molecular weight is 354 g/mol. The fraction of sp³-hybridized carbons (Fsp3) is 0.500. The highest BCUT2D eigenvalue weighted by atomic mass is 16.3. The summed E-state index contributed by atoms with van der Waals surface area (Å²) in [5.74, 6) is 0. The van der Waals surface area contributed by atoms with Crippen LogP contribution in [0.3, 0.4) is 0 Å². The van der Waals surface area contributed by atoms with Crippen LogP contribution in [0.5, 0.6) is 0 Å². The van der Waals surface area contributed by atoms with Crippen molar-refractivity contribution in [3.8, 4) is 0 Å². The number of rotatable bonds is 6. The van der Waals surface area contributed by atoms with E-state index in [0.717, 1.165) is 50.5 Å². The van der Waals surface area contributed by atoms with Crippen molar-refractivity contribution >= 4 is 0 Å². The zero-order valence-electron chi connectivity index (χ0n) is 16.3. The van der Waals surface area contributed by atoms with Gasteiger partial charge in [-0.3, -0.25) is 14.8 Å². The van der Waals surface area contributed by atoms with Crippen LogP contribution in [0.2, 0.25) is 0 Å². The molecule has 0 saturated carbocycles. The summed E-state index contributed by atoms with van der Waals surface area (Å²) in [7, 11) is 0. The van der Waals surface area contributed by atoms with Crippen molar-refractivity contribution in [3.63, 3.8) is 0 Å². The molecule has 1 saturated heterocycles. The molecule has 0 spiro atoms. The molecule has 4 nitrogen and oxygen atoms in total. The minimum Gasteiger partial charge on any atom is -0.396 e. The van der Waals surface area contributed by atoms with E-state index in [1.165, 1.54) is 16.7 Å². The van der Waals surface area contributed by atoms with Crippen LogP contribution in [-0.2, 0) is 13.1 Å². The lowest BCUT2D eigenvalue weighted by Crippen LogP contribution is -2.52. The van der Waals surface area contributed by atoms with Crippen molar-refractivity contribution < 1.29 is 5.11 Å². The van der Waals surface area contributed by atoms with Crippen LogP contribution in [0.4, 0.5) is 0 Å². The fourth-order valence-electron chi connectivity index (χ4n) is 3.89. The van der Waals surface area contributed by atoms with Gasteiger partial charge in [0.25, 0.3) is 0 Å². The number of aliphatic hydroxyl groups excluding tert-OH is 1. The lowest BCUT2D eigenvalue weighted by atomic mass is 10.0. The third-order valence-corrected chi connectivity index (χ3v) is 5.35. The highest BCUT2D eigenvalue weighted by Gasteiger charge is 2.27. The van der Waals surface area contributed by atoms with Gasteiger partial charge in [0.15, 0.2) is 0 Å². The van der Waals surface area contributed by atoms with Crippen LogP contribution in [0.1, 0.15) is 34.5 Å². The molecule has 0 radical (unpaired) electrons. The number of aromatic nitrogens is 1. The summed E-state index contributed by atoms with van der Waals surface area (Å²) < 4.78 is 0. The van der Waals surface area contributed by atoms with Gasteiger partial charge in [0, 0.05) is 51.1 Å². The van der Waals surface area contributed by atoms with E-state index < -0.39 is 0 Å². The second kappa shape index (κ2) is 8.76. The smallest absolute Gasteiger partial charge is 0.0547 e. The second-order valence-corrected chi connectivity index (χ2v) is 7.57. The van der Waals surface area contributed by atoms with E-state index in [4.69, 9.17) is 0 Å². The Labute approximate surface area is 157 Å². The number of hydrogen-bond donors (Lipinski definition) is 1. The Kier molecular flexibility index (Phi) is 6.41. The largest absolute Gasteiger partial charge is 0.396 e. The third kappa shape index (κ3) is 4.91. The molecule has 1 aromatic heterocycles. The summed E-state index contributed by atoms with van der Waals surface area (Å²) in [4.78, 5) is 9.66. The predicted molar refractivity (Wildman–Crippen MR) is 106 cm³/mol. The van der Waals surface area contributed by atoms with Crippen LogP contribution in [0, 0.1) is 20.8 Å². The molecule has 1 atom stereocenters. The standard InChI is InChI=1S/C22H31N3O/c1-17-7-8-20(18(2)13-17)14-24-10-11-25(22(16-24)9-12-26)15-21-6-4-5-19(3)23-21/h4-8,13,22,26H,9-12,14-16H2,1-3H3/t22-/m0/s1. The Morgan fingerprint density at radius 2 is 1.92 bits per heavy atom. The first kappa shape index (κ1) is 19.0. The van der Waals surface area contributed by atoms with E-state index >= 15 is 0 Å². The summed E-state index contributed by atoms with van der Waals surface area (Å²) in [6.07, 6.45) is 0.815. The van der Waals surface area contributed by atoms with Crippen LogP contribution in [0.25, 0.3) is 0 Å². The van der Waals surface area contributed by atoms with Gasteiger partial charge in [-0.2, -0.15) is 0 Å². The monoisotopic (exact) mass is 353 g/mol. The molecule has 0 unspecified atom stereocenters. The van der Waals surface area contributed by atoms with Gasteiger partial charge in [0.05, 0.1) is 5.69 Å². The Hall–Kier alpha value is -1.75. The zero-order chi connectivity index (χ0) is 18.5. The summed E-state index contributed by atoms with van der Waals surface area (Å²) in [6.45, 7) is 11.6. The molecule has 1 fully saturated rings. The molecule has 0 aliphatic carbocycles. The maximum atomic E-state index is 9.54. The first-order valence-electron chi connectivity index (χ1n) is 9.61. The molecule has 0 bridgehead atoms. The van der Waals surface area contributed by atoms with E-state index in [1.807, 2.05) is 13.0 Å². The van der Waals surface area contributed by atoms with Crippen LogP contribution in [-0.4, -0.2) is 52.2 Å². The molecule has 140 valence electrons. The lowest BCUT2D eigenvalue weighted by Gasteiger charge is -2.41. The number of nitrogens with zero attached hydrogens (tertiary/aromatic N) is 3. The second-order valence-electron chi connectivity index (χ2n) is 7.57. The number of pyridine rings is 1. The Morgan fingerprint density at radius 1 is 1.08 bits per heavy atom. The highest BCUT2D eigenvalue weighted by Crippen LogP contribution is 2.19. The number of benzene rings is 1. The molecule has 26 heavy (non-hydrogen) atoms. The molecule has 2 aromatic rings. The normalized spacial score (nSPS) is 19.0. The SMILES string of the molecule is Cc1ccc(CN2CCN(Cc3cccc(C)n3)[C@@H](CCO)C2)c(C)c1. The van der Waals surface area contributed by atoms with Gasteiger partial charge in [-0.15, -0.1) is 0 Å². The summed E-state index contributed by atoms with van der Waals surface area (Å²) >= 11 is 0. The van der Waals surface area contributed by atoms with E-state index in [-0.39, 0.29) is 6.61 Å². The third-order valence-electron chi connectivity index (χ3n) is 5.35. The van der Waals surface area contributed by atoms with E-state index in [1.54, 1.807) is 0 Å². The molecule has 1 aliphatic rings. The topological polar surface area (TPSA) is 39.6 Å². The van der Waals surface area contributed by atoms with Crippen molar-refractivity contribution in [3.05, 3.63) is 64.5 Å². The van der Waals surface area contributed by atoms with Crippen LogP contribution >= 0.6 is 0 Å². The number of aliphatic hydroxyl groups is 1. The van der Waals surface area contributed by atoms with Crippen molar-refractivity contribution in [2.24, 2.45) is 0 Å². The first-order valence-corrected chi connectivity index (χ1v) is 9.61. The zero-order valence-corrected chi connectivity index (χ0v) is 16.3. The molecule has 1 aromatic carbocycles.